The lowest BCUT2D eigenvalue weighted by Crippen LogP contribution is -2.19. The van der Waals surface area contributed by atoms with Crippen molar-refractivity contribution in [3.8, 4) is 17.3 Å². The summed E-state index contributed by atoms with van der Waals surface area (Å²) >= 11 is 5.90. The lowest BCUT2D eigenvalue weighted by Gasteiger charge is -2.14. The quantitative estimate of drug-likeness (QED) is 0.334. The third-order valence-corrected chi connectivity index (χ3v) is 5.47. The minimum Gasteiger partial charge on any atom is -0.508 e. The van der Waals surface area contributed by atoms with Gasteiger partial charge in [0.05, 0.1) is 5.56 Å². The molecule has 176 valence electrons. The van der Waals surface area contributed by atoms with Gasteiger partial charge in [-0.1, -0.05) is 23.7 Å². The van der Waals surface area contributed by atoms with Crippen molar-refractivity contribution in [1.29, 1.82) is 0 Å². The summed E-state index contributed by atoms with van der Waals surface area (Å²) in [6, 6.07) is 11.4. The smallest absolute Gasteiger partial charge is 0.432 e. The summed E-state index contributed by atoms with van der Waals surface area (Å²) in [5, 5.41) is 17.7. The van der Waals surface area contributed by atoms with E-state index in [0.29, 0.717) is 10.6 Å². The Bertz CT molecular complexity index is 1550. The highest BCUT2D eigenvalue weighted by Gasteiger charge is 2.42. The van der Waals surface area contributed by atoms with Crippen molar-refractivity contribution in [2.45, 2.75) is 12.7 Å². The monoisotopic (exact) mass is 499 g/mol. The molecule has 8 nitrogen and oxygen atoms in total. The molecule has 0 aliphatic carbocycles. The van der Waals surface area contributed by atoms with Crippen molar-refractivity contribution < 1.29 is 27.5 Å². The predicted octanol–water partition coefficient (Wildman–Crippen LogP) is 5.14. The molecule has 0 bridgehead atoms. The zero-order valence-electron chi connectivity index (χ0n) is 17.5. The van der Waals surface area contributed by atoms with E-state index in [2.05, 4.69) is 20.2 Å². The average Bonchev–Trinajstić information content (AvgIpc) is 3.44. The second kappa shape index (κ2) is 8.51. The largest absolute Gasteiger partial charge is 0.508 e. The number of benzene rings is 2. The van der Waals surface area contributed by atoms with E-state index in [1.807, 2.05) is 0 Å². The van der Waals surface area contributed by atoms with Crippen LogP contribution in [0.5, 0.6) is 5.75 Å². The Morgan fingerprint density at radius 2 is 1.86 bits per heavy atom. The summed E-state index contributed by atoms with van der Waals surface area (Å²) in [6.07, 6.45) is -2.31. The molecule has 0 saturated heterocycles. The molecule has 5 aromatic rings. The van der Waals surface area contributed by atoms with Crippen molar-refractivity contribution in [1.82, 2.24) is 24.7 Å². The van der Waals surface area contributed by atoms with Crippen LogP contribution in [0.3, 0.4) is 0 Å². The topological polar surface area (TPSA) is 107 Å². The lowest BCUT2D eigenvalue weighted by atomic mass is 10.1. The molecule has 0 aliphatic heterocycles. The molecular weight excluding hydrogens is 487 g/mol. The number of alkyl halides is 3. The van der Waals surface area contributed by atoms with Crippen molar-refractivity contribution in [2.24, 2.45) is 0 Å². The summed E-state index contributed by atoms with van der Waals surface area (Å²) < 4.78 is 49.6. The highest BCUT2D eigenvalue weighted by molar-refractivity contribution is 6.30. The van der Waals surface area contributed by atoms with Gasteiger partial charge in [-0.15, -0.1) is 10.2 Å². The summed E-state index contributed by atoms with van der Waals surface area (Å²) in [6.45, 7) is -0.212. The molecule has 0 amide bonds. The van der Waals surface area contributed by atoms with E-state index in [0.717, 1.165) is 10.6 Å². The van der Waals surface area contributed by atoms with Crippen LogP contribution in [-0.4, -0.2) is 35.6 Å². The summed E-state index contributed by atoms with van der Waals surface area (Å²) in [7, 11) is 0. The van der Waals surface area contributed by atoms with Gasteiger partial charge in [0, 0.05) is 28.7 Å². The molecule has 0 unspecified atom stereocenters. The van der Waals surface area contributed by atoms with Crippen LogP contribution in [0.25, 0.3) is 22.5 Å². The molecule has 5 rings (SSSR count). The maximum atomic E-state index is 14.4. The minimum atomic E-state index is -4.93. The van der Waals surface area contributed by atoms with Crippen LogP contribution >= 0.6 is 11.6 Å². The highest BCUT2D eigenvalue weighted by atomic mass is 35.5. The minimum absolute atomic E-state index is 0.0870. The summed E-state index contributed by atoms with van der Waals surface area (Å²) in [5.41, 5.74) is -1.11. The fraction of sp³-hybridized carbons (Fsp3) is 0.0870. The van der Waals surface area contributed by atoms with E-state index in [-0.39, 0.29) is 34.8 Å². The van der Waals surface area contributed by atoms with Gasteiger partial charge in [0.25, 0.3) is 17.6 Å². The first-order chi connectivity index (χ1) is 16.7. The van der Waals surface area contributed by atoms with E-state index in [4.69, 9.17) is 16.0 Å². The van der Waals surface area contributed by atoms with Gasteiger partial charge in [-0.2, -0.15) is 13.2 Å². The van der Waals surface area contributed by atoms with Crippen molar-refractivity contribution in [3.63, 3.8) is 0 Å². The molecule has 0 atom stereocenters. The first kappa shape index (κ1) is 22.5. The molecule has 12 heteroatoms. The van der Waals surface area contributed by atoms with Crippen LogP contribution in [-0.2, 0) is 12.7 Å². The van der Waals surface area contributed by atoms with E-state index < -0.39 is 29.1 Å². The van der Waals surface area contributed by atoms with Crippen molar-refractivity contribution in [2.75, 3.05) is 0 Å². The number of carbonyl (C=O) groups excluding carboxylic acids is 1. The zero-order chi connectivity index (χ0) is 24.7. The molecule has 2 aromatic carbocycles. The van der Waals surface area contributed by atoms with E-state index in [1.165, 1.54) is 30.7 Å². The number of rotatable bonds is 5. The van der Waals surface area contributed by atoms with Gasteiger partial charge in [0.15, 0.2) is 0 Å². The summed E-state index contributed by atoms with van der Waals surface area (Å²) in [5.74, 6) is -2.26. The Morgan fingerprint density at radius 1 is 1.09 bits per heavy atom. The van der Waals surface area contributed by atoms with Gasteiger partial charge in [0.2, 0.25) is 0 Å². The van der Waals surface area contributed by atoms with Crippen LogP contribution < -0.4 is 0 Å². The second-order valence-electron chi connectivity index (χ2n) is 7.47. The van der Waals surface area contributed by atoms with Gasteiger partial charge < -0.3 is 14.1 Å². The third kappa shape index (κ3) is 4.21. The van der Waals surface area contributed by atoms with E-state index >= 15 is 0 Å². The molecule has 3 aromatic heterocycles. The van der Waals surface area contributed by atoms with Gasteiger partial charge in [-0.25, -0.2) is 9.97 Å². The number of phenolic OH excluding ortho intramolecular Hbond substituents is 1. The number of nitrogens with zero attached hydrogens (tertiary/aromatic N) is 5. The van der Waals surface area contributed by atoms with Crippen LogP contribution in [0, 0.1) is 0 Å². The number of hydrogen-bond acceptors (Lipinski definition) is 7. The number of carbonyl (C=O) groups is 1. The standard InChI is InChI=1S/C23H13ClF3N5O3/c24-13-3-1-12(2-4-13)10-32-17-6-5-14(33)9-15(17)18(20(32)23(25,26)27)19(34)22-31-30-21(35-22)16-7-8-28-11-29-16/h1-9,11,33H,10H2. The van der Waals surface area contributed by atoms with Gasteiger partial charge in [0.1, 0.15) is 23.5 Å². The molecule has 0 saturated carbocycles. The SMILES string of the molecule is O=C(c1nnc(-c2ccncn2)o1)c1c(C(F)(F)F)n(Cc2ccc(Cl)cc2)c2ccc(O)cc12. The first-order valence-electron chi connectivity index (χ1n) is 10.0. The first-order valence-corrected chi connectivity index (χ1v) is 10.4. The number of fused-ring (bicyclic) bond motifs is 1. The Kier molecular flexibility index (Phi) is 5.48. The number of aromatic nitrogens is 5. The Hall–Kier alpha value is -4.25. The molecule has 0 fully saturated rings. The van der Waals surface area contributed by atoms with E-state index in [9.17, 15) is 23.1 Å². The summed E-state index contributed by atoms with van der Waals surface area (Å²) in [4.78, 5) is 21.0. The molecule has 35 heavy (non-hydrogen) atoms. The zero-order valence-corrected chi connectivity index (χ0v) is 18.2. The van der Waals surface area contributed by atoms with Crippen molar-refractivity contribution >= 4 is 28.3 Å². The fourth-order valence-electron chi connectivity index (χ4n) is 3.75. The normalized spacial score (nSPS) is 11.8. The number of hydrogen-bond donors (Lipinski definition) is 1. The van der Waals surface area contributed by atoms with Crippen LogP contribution in [0.1, 0.15) is 27.5 Å². The second-order valence-corrected chi connectivity index (χ2v) is 7.91. The van der Waals surface area contributed by atoms with Crippen LogP contribution in [0.4, 0.5) is 13.2 Å². The molecule has 0 aliphatic rings. The van der Waals surface area contributed by atoms with Gasteiger partial charge >= 0.3 is 6.18 Å². The van der Waals surface area contributed by atoms with Crippen molar-refractivity contribution in [3.05, 3.63) is 88.8 Å². The Balaban J connectivity index is 1.70. The van der Waals surface area contributed by atoms with Gasteiger partial charge in [-0.3, -0.25) is 4.79 Å². The highest BCUT2D eigenvalue weighted by Crippen LogP contribution is 2.40. The number of phenols is 1. The average molecular weight is 500 g/mol. The number of aromatic hydroxyl groups is 1. The Morgan fingerprint density at radius 3 is 2.54 bits per heavy atom. The van der Waals surface area contributed by atoms with Crippen LogP contribution in [0.15, 0.2) is 65.5 Å². The molecule has 3 heterocycles. The molecule has 0 radical (unpaired) electrons. The maximum absolute atomic E-state index is 14.4. The molecule has 1 N–H and O–H groups in total. The fourth-order valence-corrected chi connectivity index (χ4v) is 3.87. The molecule has 0 spiro atoms. The lowest BCUT2D eigenvalue weighted by molar-refractivity contribution is -0.143. The van der Waals surface area contributed by atoms with Gasteiger partial charge in [-0.05, 0) is 42.0 Å². The molecular formula is C23H13ClF3N5O3. The van der Waals surface area contributed by atoms with E-state index in [1.54, 1.807) is 24.3 Å². The third-order valence-electron chi connectivity index (χ3n) is 5.22. The number of halogens is 4. The maximum Gasteiger partial charge on any atom is 0.432 e. The predicted molar refractivity (Wildman–Crippen MR) is 118 cm³/mol. The number of ketones is 1. The van der Waals surface area contributed by atoms with Crippen LogP contribution in [0.2, 0.25) is 5.02 Å². The Labute approximate surface area is 199 Å².